The van der Waals surface area contributed by atoms with Gasteiger partial charge in [-0.25, -0.2) is 9.79 Å². The van der Waals surface area contributed by atoms with E-state index < -0.39 is 12.0 Å². The second kappa shape index (κ2) is 8.35. The SMILES string of the molecule is COC(=O)C1=C(C)N=c2s/c(=C\c3ccc(N(C)C)cc3)c(=O)n2[C@H]1c1ccccc1. The minimum absolute atomic E-state index is 0.178. The molecule has 0 radical (unpaired) electrons. The normalized spacial score (nSPS) is 16.0. The number of allylic oxidation sites excluding steroid dienone is 1. The van der Waals surface area contributed by atoms with Crippen molar-refractivity contribution < 1.29 is 9.53 Å². The first kappa shape index (κ1) is 20.8. The molecule has 1 aliphatic rings. The van der Waals surface area contributed by atoms with Crippen molar-refractivity contribution in [1.29, 1.82) is 0 Å². The van der Waals surface area contributed by atoms with Gasteiger partial charge in [-0.3, -0.25) is 9.36 Å². The summed E-state index contributed by atoms with van der Waals surface area (Å²) in [6, 6.07) is 16.9. The maximum absolute atomic E-state index is 13.4. The first-order valence-electron chi connectivity index (χ1n) is 9.84. The third-order valence-electron chi connectivity index (χ3n) is 5.25. The largest absolute Gasteiger partial charge is 0.466 e. The molecule has 0 bridgehead atoms. The smallest absolute Gasteiger partial charge is 0.338 e. The Bertz CT molecular complexity index is 1330. The van der Waals surface area contributed by atoms with Crippen LogP contribution in [0.15, 0.2) is 75.7 Å². The molecule has 2 aromatic carbocycles. The van der Waals surface area contributed by atoms with Crippen molar-refractivity contribution in [3.05, 3.63) is 96.7 Å². The van der Waals surface area contributed by atoms with Crippen molar-refractivity contribution in [2.24, 2.45) is 4.99 Å². The minimum Gasteiger partial charge on any atom is -0.466 e. The van der Waals surface area contributed by atoms with Gasteiger partial charge in [-0.1, -0.05) is 53.8 Å². The van der Waals surface area contributed by atoms with Crippen LogP contribution < -0.4 is 19.8 Å². The molecule has 2 heterocycles. The van der Waals surface area contributed by atoms with E-state index in [2.05, 4.69) is 4.99 Å². The molecule has 0 fully saturated rings. The molecule has 0 amide bonds. The monoisotopic (exact) mass is 433 g/mol. The van der Waals surface area contributed by atoms with E-state index in [0.29, 0.717) is 20.6 Å². The number of ether oxygens (including phenoxy) is 1. The number of fused-ring (bicyclic) bond motifs is 1. The maximum Gasteiger partial charge on any atom is 0.338 e. The Morgan fingerprint density at radius 3 is 2.42 bits per heavy atom. The standard InChI is InChI=1S/C24H23N3O3S/c1-15-20(23(29)30-4)21(17-8-6-5-7-9-17)27-22(28)19(31-24(27)25-15)14-16-10-12-18(13-11-16)26(2)3/h5-14,21H,1-4H3/b19-14-/t21-/m0/s1. The number of rotatable bonds is 4. The summed E-state index contributed by atoms with van der Waals surface area (Å²) < 4.78 is 7.18. The van der Waals surface area contributed by atoms with Crippen LogP contribution in [0.25, 0.3) is 6.08 Å². The highest BCUT2D eigenvalue weighted by molar-refractivity contribution is 7.07. The molecular weight excluding hydrogens is 410 g/mol. The Balaban J connectivity index is 1.91. The fourth-order valence-corrected chi connectivity index (χ4v) is 4.71. The molecule has 0 spiro atoms. The van der Waals surface area contributed by atoms with Crippen LogP contribution in [-0.4, -0.2) is 31.7 Å². The van der Waals surface area contributed by atoms with E-state index in [9.17, 15) is 9.59 Å². The lowest BCUT2D eigenvalue weighted by Crippen LogP contribution is -2.39. The molecular formula is C24H23N3O3S. The molecule has 0 unspecified atom stereocenters. The third-order valence-corrected chi connectivity index (χ3v) is 6.23. The number of thiazole rings is 1. The Labute approximate surface area is 184 Å². The quantitative estimate of drug-likeness (QED) is 0.593. The summed E-state index contributed by atoms with van der Waals surface area (Å²) in [5, 5.41) is 0. The number of anilines is 1. The van der Waals surface area contributed by atoms with Gasteiger partial charge < -0.3 is 9.64 Å². The van der Waals surface area contributed by atoms with Crippen LogP contribution in [0.3, 0.4) is 0 Å². The number of carbonyl (C=O) groups excluding carboxylic acids is 1. The van der Waals surface area contributed by atoms with Crippen molar-refractivity contribution in [2.75, 3.05) is 26.1 Å². The number of esters is 1. The van der Waals surface area contributed by atoms with Crippen LogP contribution in [0.1, 0.15) is 24.1 Å². The van der Waals surface area contributed by atoms with Crippen LogP contribution in [0.2, 0.25) is 0 Å². The van der Waals surface area contributed by atoms with Crippen LogP contribution in [0, 0.1) is 0 Å². The van der Waals surface area contributed by atoms with Gasteiger partial charge in [0.05, 0.1) is 29.0 Å². The van der Waals surface area contributed by atoms with Crippen LogP contribution >= 0.6 is 11.3 Å². The van der Waals surface area contributed by atoms with E-state index in [0.717, 1.165) is 16.8 Å². The third kappa shape index (κ3) is 3.84. The van der Waals surface area contributed by atoms with Crippen molar-refractivity contribution >= 4 is 29.1 Å². The van der Waals surface area contributed by atoms with E-state index in [1.165, 1.54) is 18.4 Å². The Morgan fingerprint density at radius 1 is 1.13 bits per heavy atom. The zero-order valence-electron chi connectivity index (χ0n) is 17.8. The van der Waals surface area contributed by atoms with E-state index in [-0.39, 0.29) is 5.56 Å². The van der Waals surface area contributed by atoms with Crippen LogP contribution in [0.4, 0.5) is 5.69 Å². The van der Waals surface area contributed by atoms with E-state index in [1.807, 2.05) is 79.7 Å². The lowest BCUT2D eigenvalue weighted by atomic mass is 9.96. The molecule has 0 N–H and O–H groups in total. The van der Waals surface area contributed by atoms with Crippen molar-refractivity contribution in [2.45, 2.75) is 13.0 Å². The predicted octanol–water partition coefficient (Wildman–Crippen LogP) is 2.47. The zero-order valence-corrected chi connectivity index (χ0v) is 18.6. The van der Waals surface area contributed by atoms with Crippen molar-refractivity contribution in [1.82, 2.24) is 4.57 Å². The molecule has 0 saturated heterocycles. The summed E-state index contributed by atoms with van der Waals surface area (Å²) in [6.45, 7) is 1.78. The zero-order chi connectivity index (χ0) is 22.1. The van der Waals surface area contributed by atoms with Gasteiger partial charge >= 0.3 is 5.97 Å². The molecule has 1 aromatic heterocycles. The molecule has 6 nitrogen and oxygen atoms in total. The van der Waals surface area contributed by atoms with Crippen LogP contribution in [0.5, 0.6) is 0 Å². The number of benzene rings is 2. The van der Waals surface area contributed by atoms with Gasteiger partial charge in [0, 0.05) is 19.8 Å². The first-order chi connectivity index (χ1) is 14.9. The Morgan fingerprint density at radius 2 is 1.81 bits per heavy atom. The number of methoxy groups -OCH3 is 1. The molecule has 4 rings (SSSR count). The average molecular weight is 434 g/mol. The van der Waals surface area contributed by atoms with Gasteiger partial charge in [0.25, 0.3) is 5.56 Å². The second-order valence-electron chi connectivity index (χ2n) is 7.47. The number of hydrogen-bond donors (Lipinski definition) is 0. The maximum atomic E-state index is 13.4. The summed E-state index contributed by atoms with van der Waals surface area (Å²) in [5.74, 6) is -0.483. The second-order valence-corrected chi connectivity index (χ2v) is 8.48. The lowest BCUT2D eigenvalue weighted by Gasteiger charge is -2.24. The summed E-state index contributed by atoms with van der Waals surface area (Å²) in [7, 11) is 5.31. The molecule has 0 aliphatic carbocycles. The summed E-state index contributed by atoms with van der Waals surface area (Å²) in [5.41, 5.74) is 3.60. The first-order valence-corrected chi connectivity index (χ1v) is 10.7. The fourth-order valence-electron chi connectivity index (χ4n) is 3.66. The molecule has 31 heavy (non-hydrogen) atoms. The highest BCUT2D eigenvalue weighted by Crippen LogP contribution is 2.30. The number of aromatic nitrogens is 1. The highest BCUT2D eigenvalue weighted by atomic mass is 32.1. The average Bonchev–Trinajstić information content (AvgIpc) is 3.07. The molecule has 0 saturated carbocycles. The summed E-state index contributed by atoms with van der Waals surface area (Å²) >= 11 is 1.32. The number of nitrogens with zero attached hydrogens (tertiary/aromatic N) is 3. The van der Waals surface area contributed by atoms with Gasteiger partial charge in [0.1, 0.15) is 0 Å². The number of carbonyl (C=O) groups is 1. The Hall–Kier alpha value is -3.45. The molecule has 3 aromatic rings. The van der Waals surface area contributed by atoms with E-state index in [4.69, 9.17) is 4.74 Å². The highest BCUT2D eigenvalue weighted by Gasteiger charge is 2.32. The molecule has 1 aliphatic heterocycles. The molecule has 1 atom stereocenters. The van der Waals surface area contributed by atoms with Crippen molar-refractivity contribution in [3.8, 4) is 0 Å². The van der Waals surface area contributed by atoms with Crippen molar-refractivity contribution in [3.63, 3.8) is 0 Å². The predicted molar refractivity (Wildman–Crippen MR) is 123 cm³/mol. The number of hydrogen-bond acceptors (Lipinski definition) is 6. The molecule has 7 heteroatoms. The van der Waals surface area contributed by atoms with E-state index in [1.54, 1.807) is 11.5 Å². The topological polar surface area (TPSA) is 63.9 Å². The lowest BCUT2D eigenvalue weighted by molar-refractivity contribution is -0.136. The van der Waals surface area contributed by atoms with Crippen LogP contribution in [-0.2, 0) is 9.53 Å². The Kier molecular flexibility index (Phi) is 5.61. The summed E-state index contributed by atoms with van der Waals surface area (Å²) in [4.78, 5) is 33.2. The van der Waals surface area contributed by atoms with Gasteiger partial charge in [-0.2, -0.15) is 0 Å². The van der Waals surface area contributed by atoms with Gasteiger partial charge in [0.15, 0.2) is 4.80 Å². The summed E-state index contributed by atoms with van der Waals surface area (Å²) in [6.07, 6.45) is 1.86. The van der Waals surface area contributed by atoms with Gasteiger partial charge in [0.2, 0.25) is 0 Å². The van der Waals surface area contributed by atoms with E-state index >= 15 is 0 Å². The fraction of sp³-hybridized carbons (Fsp3) is 0.208. The minimum atomic E-state index is -0.580. The molecule has 158 valence electrons. The van der Waals surface area contributed by atoms with Gasteiger partial charge in [-0.15, -0.1) is 0 Å². The van der Waals surface area contributed by atoms with Gasteiger partial charge in [-0.05, 0) is 36.3 Å².